The van der Waals surface area contributed by atoms with E-state index in [-0.39, 0.29) is 62.0 Å². The lowest BCUT2D eigenvalue weighted by atomic mass is 9.93. The number of hydrogen-bond donors (Lipinski definition) is 1. The summed E-state index contributed by atoms with van der Waals surface area (Å²) in [5.41, 5.74) is -2.97. The van der Waals surface area contributed by atoms with Crippen molar-refractivity contribution in [2.45, 2.75) is 69.1 Å². The van der Waals surface area contributed by atoms with E-state index in [0.29, 0.717) is 17.7 Å². The average Bonchev–Trinajstić information content (AvgIpc) is 3.70. The van der Waals surface area contributed by atoms with E-state index < -0.39 is 64.7 Å². The summed E-state index contributed by atoms with van der Waals surface area (Å²) < 4.78 is 95.9. The van der Waals surface area contributed by atoms with Gasteiger partial charge in [0.15, 0.2) is 6.04 Å². The minimum atomic E-state index is -4.70. The number of likely N-dealkylation sites (tertiary alicyclic amines) is 1. The number of rotatable bonds is 8. The smallest absolute Gasteiger partial charge is 0.416 e. The van der Waals surface area contributed by atoms with E-state index in [1.54, 1.807) is 4.90 Å². The van der Waals surface area contributed by atoms with Crippen LogP contribution in [0.2, 0.25) is 5.02 Å². The number of halogens is 7. The predicted molar refractivity (Wildman–Crippen MR) is 142 cm³/mol. The Labute approximate surface area is 248 Å². The summed E-state index contributed by atoms with van der Waals surface area (Å²) in [4.78, 5) is 27.3. The van der Waals surface area contributed by atoms with Gasteiger partial charge in [-0.15, -0.1) is 0 Å². The Kier molecular flexibility index (Phi) is 8.62. The second kappa shape index (κ2) is 11.8. The zero-order valence-corrected chi connectivity index (χ0v) is 23.8. The zero-order valence-electron chi connectivity index (χ0n) is 23.0. The minimum absolute atomic E-state index is 0.0298. The quantitative estimate of drug-likeness (QED) is 0.350. The van der Waals surface area contributed by atoms with Crippen LogP contribution >= 0.6 is 11.6 Å². The molecule has 1 amide bonds. The van der Waals surface area contributed by atoms with Gasteiger partial charge in [-0.25, -0.2) is 18.0 Å². The van der Waals surface area contributed by atoms with Crippen molar-refractivity contribution in [1.29, 1.82) is 0 Å². The number of carboxylic acids is 1. The lowest BCUT2D eigenvalue weighted by Crippen LogP contribution is -2.45. The molecule has 2 saturated heterocycles. The SMILES string of the molecule is C[C@H]1OCN(C(=O)c2cc(C3CC3)c(OCC3(F)CCN(Cc4cc(C(F)(F)F)cc(Cl)c4F)CC3)cc2F)[C@@H]1C(=O)O. The Balaban J connectivity index is 1.25. The van der Waals surface area contributed by atoms with Crippen molar-refractivity contribution in [3.05, 3.63) is 63.2 Å². The lowest BCUT2D eigenvalue weighted by Gasteiger charge is -2.36. The molecule has 1 aliphatic carbocycles. The number of ether oxygens (including phenoxy) is 2. The molecule has 5 rings (SSSR count). The highest BCUT2D eigenvalue weighted by atomic mass is 35.5. The van der Waals surface area contributed by atoms with Crippen LogP contribution in [0, 0.1) is 11.6 Å². The first-order valence-electron chi connectivity index (χ1n) is 13.7. The highest BCUT2D eigenvalue weighted by Gasteiger charge is 2.43. The van der Waals surface area contributed by atoms with Crippen LogP contribution in [0.3, 0.4) is 0 Å². The summed E-state index contributed by atoms with van der Waals surface area (Å²) in [6.07, 6.45) is -4.10. The molecule has 2 aromatic rings. The largest absolute Gasteiger partial charge is 0.490 e. The molecule has 0 radical (unpaired) electrons. The number of carbonyl (C=O) groups excluding carboxylic acids is 1. The number of alkyl halides is 4. The normalized spacial score (nSPS) is 22.6. The molecule has 43 heavy (non-hydrogen) atoms. The second-order valence-electron chi connectivity index (χ2n) is 11.3. The van der Waals surface area contributed by atoms with Crippen LogP contribution in [0.1, 0.15) is 65.6 Å². The van der Waals surface area contributed by atoms with Crippen LogP contribution in [0.4, 0.5) is 26.3 Å². The molecule has 1 saturated carbocycles. The van der Waals surface area contributed by atoms with E-state index in [9.17, 15) is 32.3 Å². The van der Waals surface area contributed by atoms with Crippen LogP contribution in [0.25, 0.3) is 0 Å². The third-order valence-corrected chi connectivity index (χ3v) is 8.46. The third-order valence-electron chi connectivity index (χ3n) is 8.18. The molecule has 2 aromatic carbocycles. The van der Waals surface area contributed by atoms with Crippen LogP contribution in [0.15, 0.2) is 24.3 Å². The van der Waals surface area contributed by atoms with Gasteiger partial charge in [0.25, 0.3) is 5.91 Å². The van der Waals surface area contributed by atoms with Gasteiger partial charge >= 0.3 is 12.1 Å². The number of amides is 1. The molecule has 14 heteroatoms. The first-order valence-corrected chi connectivity index (χ1v) is 14.1. The van der Waals surface area contributed by atoms with Gasteiger partial charge in [0.1, 0.15) is 36.4 Å². The van der Waals surface area contributed by atoms with Crippen molar-refractivity contribution in [1.82, 2.24) is 9.80 Å². The fraction of sp³-hybridized carbons (Fsp3) is 0.517. The van der Waals surface area contributed by atoms with Crippen LogP contribution in [-0.2, 0) is 22.3 Å². The topological polar surface area (TPSA) is 79.3 Å². The van der Waals surface area contributed by atoms with E-state index in [1.165, 1.54) is 13.0 Å². The number of carboxylic acid groups (broad SMARTS) is 1. The van der Waals surface area contributed by atoms with Gasteiger partial charge in [0.2, 0.25) is 0 Å². The van der Waals surface area contributed by atoms with Gasteiger partial charge in [-0.2, -0.15) is 13.2 Å². The first-order chi connectivity index (χ1) is 20.2. The number of benzene rings is 2. The molecule has 0 spiro atoms. The van der Waals surface area contributed by atoms with Gasteiger partial charge < -0.3 is 14.6 Å². The Morgan fingerprint density at radius 1 is 1.14 bits per heavy atom. The number of piperidine rings is 1. The number of nitrogens with zero attached hydrogens (tertiary/aromatic N) is 2. The van der Waals surface area contributed by atoms with E-state index >= 15 is 8.78 Å². The Morgan fingerprint density at radius 3 is 2.42 bits per heavy atom. The Hall–Kier alpha value is -3.03. The standard InChI is InChI=1S/C29H29ClF6N2O5/c1-15-25(27(40)41)38(14-43-15)26(39)20-10-19(16-2-3-16)23(11-22(20)31)42-13-28(33)4-6-37(7-5-28)12-17-8-18(29(34,35)36)9-21(30)24(17)32/h8-11,15-16,25H,2-7,12-14H2,1H3,(H,40,41)/t15-,25+/m1/s1. The van der Waals surface area contributed by atoms with Crippen LogP contribution < -0.4 is 4.74 Å². The van der Waals surface area contributed by atoms with Gasteiger partial charge in [0.05, 0.1) is 22.3 Å². The maximum absolute atomic E-state index is 15.7. The summed E-state index contributed by atoms with van der Waals surface area (Å²) in [5, 5.41) is 8.85. The van der Waals surface area contributed by atoms with Crippen LogP contribution in [0.5, 0.6) is 5.75 Å². The molecule has 7 nitrogen and oxygen atoms in total. The number of hydrogen-bond acceptors (Lipinski definition) is 5. The monoisotopic (exact) mass is 634 g/mol. The average molecular weight is 635 g/mol. The molecule has 0 bridgehead atoms. The van der Waals surface area contributed by atoms with Crippen molar-refractivity contribution in [2.75, 3.05) is 26.4 Å². The predicted octanol–water partition coefficient (Wildman–Crippen LogP) is 6.17. The molecule has 234 valence electrons. The lowest BCUT2D eigenvalue weighted by molar-refractivity contribution is -0.142. The maximum atomic E-state index is 15.7. The van der Waals surface area contributed by atoms with Crippen molar-refractivity contribution in [2.24, 2.45) is 0 Å². The van der Waals surface area contributed by atoms with Crippen molar-refractivity contribution in [3.8, 4) is 5.75 Å². The summed E-state index contributed by atoms with van der Waals surface area (Å²) in [6.45, 7) is 0.781. The summed E-state index contributed by atoms with van der Waals surface area (Å²) in [5.74, 6) is -3.97. The van der Waals surface area contributed by atoms with E-state index in [2.05, 4.69) is 0 Å². The number of aliphatic carboxylic acids is 1. The second-order valence-corrected chi connectivity index (χ2v) is 11.8. The minimum Gasteiger partial charge on any atom is -0.490 e. The zero-order chi connectivity index (χ0) is 31.3. The molecular formula is C29H29ClF6N2O5. The maximum Gasteiger partial charge on any atom is 0.416 e. The summed E-state index contributed by atoms with van der Waals surface area (Å²) in [7, 11) is 0. The Morgan fingerprint density at radius 2 is 1.81 bits per heavy atom. The highest BCUT2D eigenvalue weighted by Crippen LogP contribution is 2.46. The molecule has 2 heterocycles. The van der Waals surface area contributed by atoms with Crippen molar-refractivity contribution >= 4 is 23.5 Å². The van der Waals surface area contributed by atoms with Crippen LogP contribution in [-0.4, -0.2) is 71.0 Å². The molecule has 0 aromatic heterocycles. The molecule has 3 aliphatic rings. The molecule has 2 aliphatic heterocycles. The van der Waals surface area contributed by atoms with Gasteiger partial charge in [-0.05, 0) is 62.3 Å². The summed E-state index contributed by atoms with van der Waals surface area (Å²) in [6, 6.07) is 2.29. The van der Waals surface area contributed by atoms with Crippen molar-refractivity contribution < 1.29 is 50.5 Å². The van der Waals surface area contributed by atoms with E-state index in [0.717, 1.165) is 23.8 Å². The van der Waals surface area contributed by atoms with E-state index in [4.69, 9.17) is 21.1 Å². The molecule has 1 N–H and O–H groups in total. The number of carbonyl (C=O) groups is 2. The van der Waals surface area contributed by atoms with Gasteiger partial charge in [0, 0.05) is 31.3 Å². The molecular weight excluding hydrogens is 606 g/mol. The van der Waals surface area contributed by atoms with Gasteiger partial charge in [-0.1, -0.05) is 11.6 Å². The molecule has 0 unspecified atom stereocenters. The molecule has 3 fully saturated rings. The highest BCUT2D eigenvalue weighted by molar-refractivity contribution is 6.30. The fourth-order valence-corrected chi connectivity index (χ4v) is 5.74. The first kappa shape index (κ1) is 31.4. The Bertz CT molecular complexity index is 1410. The third kappa shape index (κ3) is 6.73. The fourth-order valence-electron chi connectivity index (χ4n) is 5.50. The molecule has 2 atom stereocenters. The van der Waals surface area contributed by atoms with Gasteiger partial charge in [-0.3, -0.25) is 14.6 Å². The van der Waals surface area contributed by atoms with Crippen molar-refractivity contribution in [3.63, 3.8) is 0 Å². The van der Waals surface area contributed by atoms with E-state index in [1.807, 2.05) is 0 Å². The summed E-state index contributed by atoms with van der Waals surface area (Å²) >= 11 is 5.68.